The van der Waals surface area contributed by atoms with Gasteiger partial charge in [-0.25, -0.2) is 13.1 Å². The van der Waals surface area contributed by atoms with Crippen LogP contribution in [-0.4, -0.2) is 33.0 Å². The molecule has 0 saturated carbocycles. The molecule has 0 bridgehead atoms. The maximum atomic E-state index is 12.3. The van der Waals surface area contributed by atoms with Gasteiger partial charge in [0.25, 0.3) is 0 Å². The zero-order valence-electron chi connectivity index (χ0n) is 12.2. The Morgan fingerprint density at radius 1 is 1.29 bits per heavy atom. The van der Waals surface area contributed by atoms with Crippen molar-refractivity contribution in [2.45, 2.75) is 30.5 Å². The van der Waals surface area contributed by atoms with E-state index in [-0.39, 0.29) is 15.2 Å². The highest BCUT2D eigenvalue weighted by molar-refractivity contribution is 7.99. The van der Waals surface area contributed by atoms with Gasteiger partial charge in [0.15, 0.2) is 0 Å². The Kier molecular flexibility index (Phi) is 7.81. The van der Waals surface area contributed by atoms with Crippen LogP contribution in [0.4, 0.5) is 0 Å². The molecule has 0 aliphatic heterocycles. The minimum Gasteiger partial charge on any atom is -0.313 e. The lowest BCUT2D eigenvalue weighted by atomic mass is 10.2. The van der Waals surface area contributed by atoms with Gasteiger partial charge in [-0.1, -0.05) is 37.0 Å². The SMILES string of the molecule is CCNCc1cc(S(=O)(=O)NCC(C)SC)c(Cl)cc1Cl. The highest BCUT2D eigenvalue weighted by Crippen LogP contribution is 2.28. The first-order chi connectivity index (χ1) is 9.81. The second kappa shape index (κ2) is 8.60. The normalized spacial score (nSPS) is 13.4. The van der Waals surface area contributed by atoms with Gasteiger partial charge < -0.3 is 5.32 Å². The molecule has 0 aliphatic rings. The maximum Gasteiger partial charge on any atom is 0.242 e. The molecule has 0 fully saturated rings. The molecular formula is C13H20Cl2N2O2S2. The Bertz CT molecular complexity index is 580. The summed E-state index contributed by atoms with van der Waals surface area (Å²) >= 11 is 13.7. The zero-order valence-corrected chi connectivity index (χ0v) is 15.4. The number of nitrogens with one attached hydrogen (secondary N) is 2. The average Bonchev–Trinajstić information content (AvgIpc) is 2.43. The average molecular weight is 371 g/mol. The van der Waals surface area contributed by atoms with Gasteiger partial charge in [0.2, 0.25) is 10.0 Å². The molecule has 0 aromatic heterocycles. The second-order valence-corrected chi connectivity index (χ2v) is 8.38. The molecule has 2 N–H and O–H groups in total. The van der Waals surface area contributed by atoms with Crippen LogP contribution in [0.5, 0.6) is 0 Å². The van der Waals surface area contributed by atoms with E-state index in [1.165, 1.54) is 12.1 Å². The molecule has 0 aliphatic carbocycles. The van der Waals surface area contributed by atoms with Gasteiger partial charge in [0.1, 0.15) is 4.90 Å². The quantitative estimate of drug-likeness (QED) is 0.737. The summed E-state index contributed by atoms with van der Waals surface area (Å²) in [5.74, 6) is 0. The zero-order chi connectivity index (χ0) is 16.0. The third-order valence-corrected chi connectivity index (χ3v) is 6.13. The van der Waals surface area contributed by atoms with Crippen LogP contribution in [0.2, 0.25) is 10.0 Å². The van der Waals surface area contributed by atoms with Gasteiger partial charge in [-0.15, -0.1) is 0 Å². The predicted octanol–water partition coefficient (Wildman–Crippen LogP) is 3.13. The Labute approximate surface area is 141 Å². The lowest BCUT2D eigenvalue weighted by Crippen LogP contribution is -2.29. The van der Waals surface area contributed by atoms with Gasteiger partial charge in [0, 0.05) is 23.4 Å². The highest BCUT2D eigenvalue weighted by atomic mass is 35.5. The van der Waals surface area contributed by atoms with E-state index in [2.05, 4.69) is 10.0 Å². The predicted molar refractivity (Wildman–Crippen MR) is 92.0 cm³/mol. The van der Waals surface area contributed by atoms with E-state index in [0.717, 1.165) is 6.54 Å². The van der Waals surface area contributed by atoms with Crippen molar-refractivity contribution in [3.05, 3.63) is 27.7 Å². The van der Waals surface area contributed by atoms with Crippen LogP contribution in [-0.2, 0) is 16.6 Å². The molecule has 120 valence electrons. The maximum absolute atomic E-state index is 12.3. The van der Waals surface area contributed by atoms with Gasteiger partial charge in [-0.05, 0) is 30.5 Å². The van der Waals surface area contributed by atoms with E-state index in [1.807, 2.05) is 20.1 Å². The number of hydrogen-bond donors (Lipinski definition) is 2. The standard InChI is InChI=1S/C13H20Cl2N2O2S2/c1-4-16-8-10-5-13(12(15)6-11(10)14)21(18,19)17-7-9(2)20-3/h5-6,9,16-17H,4,7-8H2,1-3H3. The van der Waals surface area contributed by atoms with Crippen molar-refractivity contribution in [1.29, 1.82) is 0 Å². The van der Waals surface area contributed by atoms with Gasteiger partial charge in [-0.2, -0.15) is 11.8 Å². The first kappa shape index (κ1) is 19.1. The lowest BCUT2D eigenvalue weighted by Gasteiger charge is -2.14. The summed E-state index contributed by atoms with van der Waals surface area (Å²) in [4.78, 5) is 0.0646. The summed E-state index contributed by atoms with van der Waals surface area (Å²) in [6.45, 7) is 5.53. The van der Waals surface area contributed by atoms with E-state index < -0.39 is 10.0 Å². The van der Waals surface area contributed by atoms with Crippen LogP contribution >= 0.6 is 35.0 Å². The van der Waals surface area contributed by atoms with Crippen LogP contribution in [0.15, 0.2) is 17.0 Å². The molecule has 0 heterocycles. The first-order valence-corrected chi connectivity index (χ1v) is 10.1. The molecule has 8 heteroatoms. The lowest BCUT2D eigenvalue weighted by molar-refractivity contribution is 0.581. The minimum atomic E-state index is -3.64. The summed E-state index contributed by atoms with van der Waals surface area (Å²) in [6.07, 6.45) is 1.93. The van der Waals surface area contributed by atoms with E-state index in [1.54, 1.807) is 11.8 Å². The Morgan fingerprint density at radius 3 is 2.52 bits per heavy atom. The van der Waals surface area contributed by atoms with Crippen molar-refractivity contribution in [2.24, 2.45) is 0 Å². The van der Waals surface area contributed by atoms with E-state index in [4.69, 9.17) is 23.2 Å². The summed E-state index contributed by atoms with van der Waals surface area (Å²) in [5.41, 5.74) is 0.709. The van der Waals surface area contributed by atoms with Crippen molar-refractivity contribution in [2.75, 3.05) is 19.3 Å². The third-order valence-electron chi connectivity index (χ3n) is 2.92. The number of halogens is 2. The van der Waals surface area contributed by atoms with Crippen LogP contribution in [0.1, 0.15) is 19.4 Å². The number of hydrogen-bond acceptors (Lipinski definition) is 4. The van der Waals surface area contributed by atoms with Crippen molar-refractivity contribution in [1.82, 2.24) is 10.0 Å². The largest absolute Gasteiger partial charge is 0.313 e. The van der Waals surface area contributed by atoms with Gasteiger partial charge in [0.05, 0.1) is 5.02 Å². The molecule has 0 spiro atoms. The van der Waals surface area contributed by atoms with Crippen molar-refractivity contribution in [3.63, 3.8) is 0 Å². The van der Waals surface area contributed by atoms with Crippen molar-refractivity contribution < 1.29 is 8.42 Å². The molecule has 1 unspecified atom stereocenters. The molecule has 1 aromatic carbocycles. The summed E-state index contributed by atoms with van der Waals surface area (Å²) in [6, 6.07) is 3.00. The van der Waals surface area contributed by atoms with Crippen LogP contribution in [0.25, 0.3) is 0 Å². The highest BCUT2D eigenvalue weighted by Gasteiger charge is 2.20. The molecular weight excluding hydrogens is 351 g/mol. The molecule has 1 rings (SSSR count). The molecule has 21 heavy (non-hydrogen) atoms. The second-order valence-electron chi connectivity index (χ2n) is 4.55. The van der Waals surface area contributed by atoms with E-state index in [0.29, 0.717) is 23.7 Å². The van der Waals surface area contributed by atoms with Gasteiger partial charge >= 0.3 is 0 Å². The van der Waals surface area contributed by atoms with E-state index in [9.17, 15) is 8.42 Å². The van der Waals surface area contributed by atoms with Crippen molar-refractivity contribution in [3.8, 4) is 0 Å². The van der Waals surface area contributed by atoms with E-state index >= 15 is 0 Å². The third kappa shape index (κ3) is 5.62. The monoisotopic (exact) mass is 370 g/mol. The number of rotatable bonds is 8. The Balaban J connectivity index is 3.04. The molecule has 4 nitrogen and oxygen atoms in total. The fraction of sp³-hybridized carbons (Fsp3) is 0.538. The summed E-state index contributed by atoms with van der Waals surface area (Å²) < 4.78 is 27.3. The Hall–Kier alpha value is 0.0200. The van der Waals surface area contributed by atoms with Crippen LogP contribution in [0, 0.1) is 0 Å². The number of benzene rings is 1. The smallest absolute Gasteiger partial charge is 0.242 e. The molecule has 1 aromatic rings. The number of sulfonamides is 1. The molecule has 0 amide bonds. The molecule has 0 saturated heterocycles. The van der Waals surface area contributed by atoms with Crippen molar-refractivity contribution >= 4 is 45.0 Å². The summed E-state index contributed by atoms with van der Waals surface area (Å²) in [5, 5.41) is 3.89. The Morgan fingerprint density at radius 2 is 1.95 bits per heavy atom. The molecule has 0 radical (unpaired) electrons. The van der Waals surface area contributed by atoms with Crippen LogP contribution < -0.4 is 10.0 Å². The van der Waals surface area contributed by atoms with Gasteiger partial charge in [-0.3, -0.25) is 0 Å². The van der Waals surface area contributed by atoms with Crippen LogP contribution in [0.3, 0.4) is 0 Å². The fourth-order valence-electron chi connectivity index (χ4n) is 1.56. The fourth-order valence-corrected chi connectivity index (χ4v) is 3.91. The number of thioether (sulfide) groups is 1. The minimum absolute atomic E-state index is 0.0646. The first-order valence-electron chi connectivity index (χ1n) is 6.53. The topological polar surface area (TPSA) is 58.2 Å². The summed E-state index contributed by atoms with van der Waals surface area (Å²) in [7, 11) is -3.64. The molecule has 1 atom stereocenters.